The van der Waals surface area contributed by atoms with Gasteiger partial charge >= 0.3 is 0 Å². The first-order valence-electron chi connectivity index (χ1n) is 11.2. The number of aryl methyl sites for hydroxylation is 1. The van der Waals surface area contributed by atoms with E-state index in [1.165, 1.54) is 0 Å². The molecular weight excluding hydrogens is 364 g/mol. The SMILES string of the molecule is Cc1cnccc1CN(C)C(=O)[C@@H]1CCCN(C2CCN(C(=O)C3CC3)CC2)C1. The Labute approximate surface area is 174 Å². The molecule has 29 heavy (non-hydrogen) atoms. The third kappa shape index (κ3) is 4.80. The zero-order valence-electron chi connectivity index (χ0n) is 17.8. The summed E-state index contributed by atoms with van der Waals surface area (Å²) >= 11 is 0. The van der Waals surface area contributed by atoms with Crippen LogP contribution in [0.25, 0.3) is 0 Å². The van der Waals surface area contributed by atoms with Gasteiger partial charge in [-0.25, -0.2) is 0 Å². The van der Waals surface area contributed by atoms with Crippen LogP contribution in [0.4, 0.5) is 0 Å². The van der Waals surface area contributed by atoms with Crippen LogP contribution in [0, 0.1) is 18.8 Å². The van der Waals surface area contributed by atoms with Gasteiger partial charge in [-0.2, -0.15) is 0 Å². The maximum Gasteiger partial charge on any atom is 0.227 e. The smallest absolute Gasteiger partial charge is 0.227 e. The lowest BCUT2D eigenvalue weighted by molar-refractivity contribution is -0.137. The molecule has 3 heterocycles. The Bertz CT molecular complexity index is 740. The maximum atomic E-state index is 13.1. The second-order valence-electron chi connectivity index (χ2n) is 9.16. The predicted octanol–water partition coefficient (Wildman–Crippen LogP) is 2.46. The van der Waals surface area contributed by atoms with E-state index in [0.717, 1.165) is 75.8 Å². The highest BCUT2D eigenvalue weighted by Gasteiger charge is 2.37. The molecule has 6 heteroatoms. The molecule has 1 saturated carbocycles. The van der Waals surface area contributed by atoms with Crippen LogP contribution in [0.2, 0.25) is 0 Å². The summed E-state index contributed by atoms with van der Waals surface area (Å²) in [6.07, 6.45) is 9.98. The molecule has 1 aromatic heterocycles. The van der Waals surface area contributed by atoms with Crippen LogP contribution in [-0.4, -0.2) is 70.8 Å². The number of carbonyl (C=O) groups is 2. The van der Waals surface area contributed by atoms with Crippen molar-refractivity contribution in [3.8, 4) is 0 Å². The molecule has 0 aromatic carbocycles. The van der Waals surface area contributed by atoms with E-state index in [1.54, 1.807) is 6.20 Å². The van der Waals surface area contributed by atoms with Crippen molar-refractivity contribution in [2.75, 3.05) is 33.2 Å². The maximum absolute atomic E-state index is 13.1. The van der Waals surface area contributed by atoms with E-state index < -0.39 is 0 Å². The van der Waals surface area contributed by atoms with Gasteiger partial charge in [-0.3, -0.25) is 19.5 Å². The fraction of sp³-hybridized carbons (Fsp3) is 0.696. The van der Waals surface area contributed by atoms with Gasteiger partial charge in [0, 0.05) is 57.6 Å². The van der Waals surface area contributed by atoms with E-state index in [9.17, 15) is 9.59 Å². The average Bonchev–Trinajstić information content (AvgIpc) is 3.60. The molecule has 0 spiro atoms. The van der Waals surface area contributed by atoms with Gasteiger partial charge in [-0.05, 0) is 69.2 Å². The fourth-order valence-corrected chi connectivity index (χ4v) is 4.90. The second-order valence-corrected chi connectivity index (χ2v) is 9.16. The van der Waals surface area contributed by atoms with Crippen LogP contribution in [0.1, 0.15) is 49.7 Å². The first-order valence-corrected chi connectivity index (χ1v) is 11.2. The van der Waals surface area contributed by atoms with E-state index in [0.29, 0.717) is 24.4 Å². The summed E-state index contributed by atoms with van der Waals surface area (Å²) in [5.74, 6) is 1.04. The van der Waals surface area contributed by atoms with Crippen molar-refractivity contribution in [2.45, 2.75) is 58.0 Å². The van der Waals surface area contributed by atoms with E-state index in [4.69, 9.17) is 0 Å². The third-order valence-corrected chi connectivity index (χ3v) is 6.94. The molecule has 1 aromatic rings. The number of rotatable bonds is 5. The molecule has 0 radical (unpaired) electrons. The quantitative estimate of drug-likeness (QED) is 0.765. The highest BCUT2D eigenvalue weighted by atomic mass is 16.2. The Morgan fingerprint density at radius 3 is 2.55 bits per heavy atom. The standard InChI is InChI=1S/C23H34N4O2/c1-17-14-24-10-7-19(17)15-25(2)22(28)20-4-3-11-27(16-20)21-8-12-26(13-9-21)23(29)18-5-6-18/h7,10,14,18,20-21H,3-6,8-9,11-13,15-16H2,1-2H3/t20-/m1/s1. The Balaban J connectivity index is 1.29. The van der Waals surface area contributed by atoms with E-state index in [2.05, 4.69) is 14.8 Å². The lowest BCUT2D eigenvalue weighted by Crippen LogP contribution is -2.51. The van der Waals surface area contributed by atoms with Gasteiger partial charge in [-0.15, -0.1) is 0 Å². The molecule has 2 saturated heterocycles. The predicted molar refractivity (Wildman–Crippen MR) is 112 cm³/mol. The van der Waals surface area contributed by atoms with E-state index >= 15 is 0 Å². The van der Waals surface area contributed by atoms with Crippen molar-refractivity contribution in [3.63, 3.8) is 0 Å². The first-order chi connectivity index (χ1) is 14.0. The first kappa shape index (κ1) is 20.3. The summed E-state index contributed by atoms with van der Waals surface area (Å²) in [6.45, 7) is 6.40. The van der Waals surface area contributed by atoms with Gasteiger partial charge in [0.15, 0.2) is 0 Å². The molecule has 2 amide bonds. The number of aromatic nitrogens is 1. The van der Waals surface area contributed by atoms with Crippen molar-refractivity contribution >= 4 is 11.8 Å². The van der Waals surface area contributed by atoms with Crippen LogP contribution < -0.4 is 0 Å². The van der Waals surface area contributed by atoms with Crippen molar-refractivity contribution in [2.24, 2.45) is 11.8 Å². The minimum atomic E-state index is 0.0852. The number of amides is 2. The third-order valence-electron chi connectivity index (χ3n) is 6.94. The van der Waals surface area contributed by atoms with Gasteiger partial charge in [0.1, 0.15) is 0 Å². The molecule has 3 aliphatic rings. The molecule has 1 atom stereocenters. The summed E-state index contributed by atoms with van der Waals surface area (Å²) in [6, 6.07) is 2.52. The Hall–Kier alpha value is -1.95. The molecule has 4 rings (SSSR count). The highest BCUT2D eigenvalue weighted by molar-refractivity contribution is 5.81. The van der Waals surface area contributed by atoms with E-state index in [-0.39, 0.29) is 11.8 Å². The van der Waals surface area contributed by atoms with Crippen LogP contribution in [0.5, 0.6) is 0 Å². The minimum absolute atomic E-state index is 0.0852. The molecular formula is C23H34N4O2. The molecule has 2 aliphatic heterocycles. The number of piperidine rings is 2. The molecule has 0 unspecified atom stereocenters. The number of hydrogen-bond acceptors (Lipinski definition) is 4. The number of hydrogen-bond donors (Lipinski definition) is 0. The minimum Gasteiger partial charge on any atom is -0.342 e. The average molecular weight is 399 g/mol. The monoisotopic (exact) mass is 398 g/mol. The zero-order valence-corrected chi connectivity index (χ0v) is 17.8. The van der Waals surface area contributed by atoms with E-state index in [1.807, 2.05) is 31.1 Å². The van der Waals surface area contributed by atoms with Crippen LogP contribution in [0.3, 0.4) is 0 Å². The summed E-state index contributed by atoms with van der Waals surface area (Å²) in [5.41, 5.74) is 2.29. The zero-order chi connectivity index (χ0) is 20.4. The topological polar surface area (TPSA) is 56.8 Å². The number of nitrogens with zero attached hydrogens (tertiary/aromatic N) is 4. The van der Waals surface area contributed by atoms with Crippen molar-refractivity contribution < 1.29 is 9.59 Å². The Kier molecular flexibility index (Phi) is 6.18. The van der Waals surface area contributed by atoms with Gasteiger partial charge in [0.25, 0.3) is 0 Å². The molecule has 3 fully saturated rings. The summed E-state index contributed by atoms with van der Waals surface area (Å²) in [7, 11) is 1.92. The molecule has 6 nitrogen and oxygen atoms in total. The van der Waals surface area contributed by atoms with Crippen molar-refractivity contribution in [1.82, 2.24) is 19.7 Å². The van der Waals surface area contributed by atoms with Gasteiger partial charge in [0.05, 0.1) is 5.92 Å². The summed E-state index contributed by atoms with van der Waals surface area (Å²) < 4.78 is 0. The van der Waals surface area contributed by atoms with Crippen molar-refractivity contribution in [3.05, 3.63) is 29.6 Å². The van der Waals surface area contributed by atoms with Gasteiger partial charge in [-0.1, -0.05) is 0 Å². The van der Waals surface area contributed by atoms with Crippen LogP contribution in [0.15, 0.2) is 18.5 Å². The fourth-order valence-electron chi connectivity index (χ4n) is 4.90. The molecule has 158 valence electrons. The van der Waals surface area contributed by atoms with Gasteiger partial charge < -0.3 is 9.80 Å². The van der Waals surface area contributed by atoms with Crippen LogP contribution >= 0.6 is 0 Å². The lowest BCUT2D eigenvalue weighted by atomic mass is 9.92. The summed E-state index contributed by atoms with van der Waals surface area (Å²) in [5, 5.41) is 0. The number of pyridine rings is 1. The van der Waals surface area contributed by atoms with Crippen LogP contribution in [-0.2, 0) is 16.1 Å². The second kappa shape index (κ2) is 8.82. The molecule has 1 aliphatic carbocycles. The molecule has 0 N–H and O–H groups in total. The number of likely N-dealkylation sites (tertiary alicyclic amines) is 2. The molecule has 0 bridgehead atoms. The van der Waals surface area contributed by atoms with Gasteiger partial charge in [0.2, 0.25) is 11.8 Å². The largest absolute Gasteiger partial charge is 0.342 e. The van der Waals surface area contributed by atoms with Crippen molar-refractivity contribution in [1.29, 1.82) is 0 Å². The Morgan fingerprint density at radius 2 is 1.86 bits per heavy atom. The summed E-state index contributed by atoms with van der Waals surface area (Å²) in [4.78, 5) is 36.0. The Morgan fingerprint density at radius 1 is 1.10 bits per heavy atom. The normalized spacial score (nSPS) is 23.8. The highest BCUT2D eigenvalue weighted by Crippen LogP contribution is 2.33. The lowest BCUT2D eigenvalue weighted by Gasteiger charge is -2.42. The number of carbonyl (C=O) groups excluding carboxylic acids is 2.